The van der Waals surface area contributed by atoms with Gasteiger partial charge in [-0.05, 0) is 6.92 Å². The van der Waals surface area contributed by atoms with E-state index in [1.165, 1.54) is 5.56 Å². The van der Waals surface area contributed by atoms with E-state index >= 15 is 0 Å². The van der Waals surface area contributed by atoms with Gasteiger partial charge in [0.2, 0.25) is 0 Å². The molecule has 0 nitrogen and oxygen atoms in total. The van der Waals surface area contributed by atoms with Gasteiger partial charge in [0.1, 0.15) is 0 Å². The molecule has 2 rings (SSSR count). The lowest BCUT2D eigenvalue weighted by Crippen LogP contribution is -1.62. The third-order valence-electron chi connectivity index (χ3n) is 1.61. The average Bonchev–Trinajstić information content (AvgIpc) is 2.72. The van der Waals surface area contributed by atoms with Crippen LogP contribution in [0.25, 0.3) is 0 Å². The van der Waals surface area contributed by atoms with E-state index in [0.29, 0.717) is 0 Å². The van der Waals surface area contributed by atoms with Crippen molar-refractivity contribution in [3.8, 4) is 0 Å². The Hall–Kier alpha value is -1.56. The molecule has 0 N–H and O–H groups in total. The van der Waals surface area contributed by atoms with Crippen LogP contribution >= 0.6 is 0 Å². The number of aryl methyl sites for hydroxylation is 1. The molecule has 0 fully saturated rings. The van der Waals surface area contributed by atoms with Gasteiger partial charge < -0.3 is 0 Å². The lowest BCUT2D eigenvalue weighted by molar-refractivity contribution is 1.48. The van der Waals surface area contributed by atoms with Crippen molar-refractivity contribution < 1.29 is 0 Å². The lowest BCUT2D eigenvalue weighted by Gasteiger charge is -1.82. The molecule has 136 valence electrons. The second kappa shape index (κ2) is 49.9. The molecule has 0 spiro atoms. The summed E-state index contributed by atoms with van der Waals surface area (Å²) >= 11 is 0. The Bertz CT molecular complexity index is 271. The molecule has 2 aromatic carbocycles. The van der Waals surface area contributed by atoms with E-state index in [9.17, 15) is 0 Å². The topological polar surface area (TPSA) is 0 Å². The molecule has 0 atom stereocenters. The molecule has 0 saturated heterocycles. The number of rotatable bonds is 0. The van der Waals surface area contributed by atoms with Gasteiger partial charge in [0.15, 0.2) is 0 Å². The van der Waals surface area contributed by atoms with Gasteiger partial charge in [-0.2, -0.15) is 0 Å². The minimum Gasteiger partial charge on any atom is -0.0683 e. The van der Waals surface area contributed by atoms with Gasteiger partial charge >= 0.3 is 0 Å². The van der Waals surface area contributed by atoms with Gasteiger partial charge in [0.25, 0.3) is 0 Å². The van der Waals surface area contributed by atoms with Gasteiger partial charge in [0.05, 0.1) is 0 Å². The van der Waals surface area contributed by atoms with Crippen molar-refractivity contribution in [2.24, 2.45) is 0 Å². The molecule has 0 aromatic heterocycles. The highest BCUT2D eigenvalue weighted by Gasteiger charge is 1.72. The standard InChI is InChI=1S/C7H8.C6H6.5C2H6/c1-7-5-3-2-4-6-7;1-2-4-6-5-3-1;5*1-2/h2-6H,1H3;1-6H;5*1-2H3. The fourth-order valence-corrected chi connectivity index (χ4v) is 0.919. The molecule has 0 aliphatic rings. The normalized spacial score (nSPS) is 6.04. The molecular weight excluding hydrogens is 276 g/mol. The smallest absolute Gasteiger partial charge is 0.0398 e. The second-order valence-corrected chi connectivity index (χ2v) is 2.81. The van der Waals surface area contributed by atoms with E-state index in [-0.39, 0.29) is 0 Å². The van der Waals surface area contributed by atoms with Crippen LogP contribution in [0.15, 0.2) is 66.7 Å². The largest absolute Gasteiger partial charge is 0.0683 e. The van der Waals surface area contributed by atoms with Crippen molar-refractivity contribution in [1.82, 2.24) is 0 Å². The maximum Gasteiger partial charge on any atom is -0.0398 e. The molecule has 0 radical (unpaired) electrons. The van der Waals surface area contributed by atoms with Crippen LogP contribution in [-0.4, -0.2) is 0 Å². The third kappa shape index (κ3) is 44.9. The first-order valence-electron chi connectivity index (χ1n) is 9.41. The first-order valence-corrected chi connectivity index (χ1v) is 9.41. The zero-order chi connectivity index (χ0) is 19.4. The van der Waals surface area contributed by atoms with Gasteiger partial charge in [-0.3, -0.25) is 0 Å². The van der Waals surface area contributed by atoms with Gasteiger partial charge in [-0.1, -0.05) is 142 Å². The molecule has 2 aromatic rings. The summed E-state index contributed by atoms with van der Waals surface area (Å²) in [5.41, 5.74) is 1.32. The quantitative estimate of drug-likeness (QED) is 0.455. The lowest BCUT2D eigenvalue weighted by atomic mass is 10.2. The highest BCUT2D eigenvalue weighted by molar-refractivity contribution is 5.11. The summed E-state index contributed by atoms with van der Waals surface area (Å²) < 4.78 is 0. The molecular formula is C23H44. The molecule has 0 amide bonds. The van der Waals surface area contributed by atoms with E-state index < -0.39 is 0 Å². The summed E-state index contributed by atoms with van der Waals surface area (Å²) in [6.45, 7) is 22.1. The monoisotopic (exact) mass is 320 g/mol. The molecule has 0 aliphatic carbocycles. The molecule has 0 bridgehead atoms. The fraction of sp³-hybridized carbons (Fsp3) is 0.478. The Morgan fingerprint density at radius 3 is 0.652 bits per heavy atom. The molecule has 0 unspecified atom stereocenters. The first kappa shape index (κ1) is 33.1. The SMILES string of the molecule is CC.CC.CC.CC.CC.Cc1ccccc1.c1ccccc1. The van der Waals surface area contributed by atoms with E-state index in [2.05, 4.69) is 19.1 Å². The van der Waals surface area contributed by atoms with Gasteiger partial charge in [-0.15, -0.1) is 0 Å². The minimum atomic E-state index is 1.32. The number of hydrogen-bond acceptors (Lipinski definition) is 0. The van der Waals surface area contributed by atoms with Crippen LogP contribution in [-0.2, 0) is 0 Å². The number of benzene rings is 2. The van der Waals surface area contributed by atoms with Crippen molar-refractivity contribution in [2.75, 3.05) is 0 Å². The molecule has 0 aliphatic heterocycles. The van der Waals surface area contributed by atoms with Crippen molar-refractivity contribution >= 4 is 0 Å². The van der Waals surface area contributed by atoms with E-state index in [0.717, 1.165) is 0 Å². The predicted molar refractivity (Wildman–Crippen MR) is 114 cm³/mol. The summed E-state index contributed by atoms with van der Waals surface area (Å²) in [6.07, 6.45) is 0. The Morgan fingerprint density at radius 2 is 0.522 bits per heavy atom. The van der Waals surface area contributed by atoms with Crippen LogP contribution in [0.2, 0.25) is 0 Å². The fourth-order valence-electron chi connectivity index (χ4n) is 0.919. The second-order valence-electron chi connectivity index (χ2n) is 2.81. The molecule has 0 heterocycles. The van der Waals surface area contributed by atoms with Crippen LogP contribution in [0, 0.1) is 6.92 Å². The maximum atomic E-state index is 2.08. The summed E-state index contributed by atoms with van der Waals surface area (Å²) in [7, 11) is 0. The molecule has 23 heavy (non-hydrogen) atoms. The van der Waals surface area contributed by atoms with Gasteiger partial charge in [0, 0.05) is 0 Å². The summed E-state index contributed by atoms with van der Waals surface area (Å²) in [5.74, 6) is 0. The van der Waals surface area contributed by atoms with Crippen molar-refractivity contribution in [2.45, 2.75) is 76.2 Å². The zero-order valence-electron chi connectivity index (χ0n) is 17.9. The molecule has 0 saturated carbocycles. The number of hydrogen-bond donors (Lipinski definition) is 0. The van der Waals surface area contributed by atoms with Crippen LogP contribution < -0.4 is 0 Å². The Labute approximate surface area is 149 Å². The summed E-state index contributed by atoms with van der Waals surface area (Å²) in [4.78, 5) is 0. The third-order valence-corrected chi connectivity index (χ3v) is 1.61. The first-order chi connectivity index (χ1) is 11.4. The summed E-state index contributed by atoms with van der Waals surface area (Å²) in [5, 5.41) is 0. The highest BCUT2D eigenvalue weighted by atomic mass is 13.8. The van der Waals surface area contributed by atoms with Crippen molar-refractivity contribution in [1.29, 1.82) is 0 Å². The Balaban J connectivity index is -0.0000000617. The molecule has 0 heteroatoms. The van der Waals surface area contributed by atoms with Gasteiger partial charge in [-0.25, -0.2) is 0 Å². The average molecular weight is 321 g/mol. The van der Waals surface area contributed by atoms with Crippen LogP contribution in [0.3, 0.4) is 0 Å². The highest BCUT2D eigenvalue weighted by Crippen LogP contribution is 1.92. The Morgan fingerprint density at radius 1 is 0.348 bits per heavy atom. The minimum absolute atomic E-state index is 1.32. The van der Waals surface area contributed by atoms with Crippen LogP contribution in [0.1, 0.15) is 74.8 Å². The summed E-state index contributed by atoms with van der Waals surface area (Å²) in [6, 6.07) is 22.3. The Kier molecular flexibility index (Phi) is 71.9. The van der Waals surface area contributed by atoms with E-state index in [1.807, 2.05) is 124 Å². The predicted octanol–water partition coefficient (Wildman–Crippen LogP) is 8.81. The van der Waals surface area contributed by atoms with Crippen molar-refractivity contribution in [3.63, 3.8) is 0 Å². The van der Waals surface area contributed by atoms with Crippen molar-refractivity contribution in [3.05, 3.63) is 72.3 Å². The zero-order valence-corrected chi connectivity index (χ0v) is 17.9. The van der Waals surface area contributed by atoms with E-state index in [1.54, 1.807) is 0 Å². The van der Waals surface area contributed by atoms with E-state index in [4.69, 9.17) is 0 Å². The maximum absolute atomic E-state index is 2.08. The van der Waals surface area contributed by atoms with Crippen LogP contribution in [0.5, 0.6) is 0 Å². The van der Waals surface area contributed by atoms with Crippen LogP contribution in [0.4, 0.5) is 0 Å².